The highest BCUT2D eigenvalue weighted by Crippen LogP contribution is 2.16. The van der Waals surface area contributed by atoms with Crippen molar-refractivity contribution in [1.82, 2.24) is 9.88 Å². The van der Waals surface area contributed by atoms with Crippen LogP contribution in [-0.4, -0.2) is 35.3 Å². The van der Waals surface area contributed by atoms with Crippen molar-refractivity contribution in [3.05, 3.63) is 94.2 Å². The number of amides is 2. The molecular formula is C23H23BrN4O2. The number of aromatic nitrogens is 1. The molecule has 0 saturated heterocycles. The predicted molar refractivity (Wildman–Crippen MR) is 121 cm³/mol. The van der Waals surface area contributed by atoms with E-state index in [4.69, 9.17) is 5.73 Å². The standard InChI is InChI=1S/C23H23BrN4O2/c1-28(22(29)14-16-2-8-19(24)9-3-16)15-21(25)17-4-6-18(7-5-17)23(30)27-20-10-12-26-13-11-20/h2-13,21H,14-15,25H2,1H3,(H,26,27,30). The summed E-state index contributed by atoms with van der Waals surface area (Å²) in [6.45, 7) is 0.387. The Morgan fingerprint density at radius 1 is 1.03 bits per heavy atom. The van der Waals surface area contributed by atoms with Crippen LogP contribution in [0.1, 0.15) is 27.5 Å². The largest absolute Gasteiger partial charge is 0.344 e. The fourth-order valence-electron chi connectivity index (χ4n) is 2.93. The molecule has 3 rings (SSSR count). The Balaban J connectivity index is 1.55. The zero-order chi connectivity index (χ0) is 21.5. The number of benzene rings is 2. The molecule has 154 valence electrons. The highest BCUT2D eigenvalue weighted by atomic mass is 79.9. The topological polar surface area (TPSA) is 88.3 Å². The number of hydrogen-bond acceptors (Lipinski definition) is 4. The maximum Gasteiger partial charge on any atom is 0.255 e. The molecule has 0 aliphatic rings. The first-order chi connectivity index (χ1) is 14.4. The molecule has 1 heterocycles. The minimum atomic E-state index is -0.346. The number of nitrogens with zero attached hydrogens (tertiary/aromatic N) is 2. The van der Waals surface area contributed by atoms with E-state index in [-0.39, 0.29) is 17.9 Å². The van der Waals surface area contributed by atoms with E-state index in [1.54, 1.807) is 48.6 Å². The predicted octanol–water partition coefficient (Wildman–Crippen LogP) is 3.80. The second kappa shape index (κ2) is 10.1. The number of carbonyl (C=O) groups is 2. The Hall–Kier alpha value is -3.03. The number of rotatable bonds is 7. The lowest BCUT2D eigenvalue weighted by molar-refractivity contribution is -0.129. The summed E-state index contributed by atoms with van der Waals surface area (Å²) >= 11 is 3.39. The third-order valence-electron chi connectivity index (χ3n) is 4.70. The summed E-state index contributed by atoms with van der Waals surface area (Å²) in [5.74, 6) is -0.204. The smallest absolute Gasteiger partial charge is 0.255 e. The number of hydrogen-bond donors (Lipinski definition) is 2. The van der Waals surface area contributed by atoms with Gasteiger partial charge in [-0.05, 0) is 47.5 Å². The van der Waals surface area contributed by atoms with Crippen LogP contribution in [0.25, 0.3) is 0 Å². The van der Waals surface area contributed by atoms with Crippen LogP contribution in [0.4, 0.5) is 5.69 Å². The van der Waals surface area contributed by atoms with Gasteiger partial charge in [-0.15, -0.1) is 0 Å². The molecule has 0 aliphatic heterocycles. The van der Waals surface area contributed by atoms with Crippen LogP contribution in [-0.2, 0) is 11.2 Å². The molecule has 0 spiro atoms. The van der Waals surface area contributed by atoms with E-state index < -0.39 is 0 Å². The monoisotopic (exact) mass is 466 g/mol. The second-order valence-electron chi connectivity index (χ2n) is 7.00. The van der Waals surface area contributed by atoms with E-state index >= 15 is 0 Å². The van der Waals surface area contributed by atoms with Crippen LogP contribution in [0.5, 0.6) is 0 Å². The number of carbonyl (C=O) groups excluding carboxylic acids is 2. The molecule has 2 amide bonds. The number of nitrogens with two attached hydrogens (primary N) is 1. The van der Waals surface area contributed by atoms with Crippen molar-refractivity contribution in [2.24, 2.45) is 5.73 Å². The first-order valence-electron chi connectivity index (χ1n) is 9.47. The van der Waals surface area contributed by atoms with E-state index in [1.807, 2.05) is 36.4 Å². The lowest BCUT2D eigenvalue weighted by Gasteiger charge is -2.22. The van der Waals surface area contributed by atoms with Gasteiger partial charge in [-0.25, -0.2) is 0 Å². The average molecular weight is 467 g/mol. The lowest BCUT2D eigenvalue weighted by Crippen LogP contribution is -2.35. The molecule has 0 saturated carbocycles. The van der Waals surface area contributed by atoms with Gasteiger partial charge in [-0.3, -0.25) is 14.6 Å². The third-order valence-corrected chi connectivity index (χ3v) is 5.23. The van der Waals surface area contributed by atoms with Crippen molar-refractivity contribution >= 4 is 33.4 Å². The van der Waals surface area contributed by atoms with Crippen LogP contribution in [0.2, 0.25) is 0 Å². The molecule has 0 radical (unpaired) electrons. The van der Waals surface area contributed by atoms with Gasteiger partial charge in [0, 0.05) is 47.8 Å². The van der Waals surface area contributed by atoms with E-state index in [9.17, 15) is 9.59 Å². The van der Waals surface area contributed by atoms with Crippen molar-refractivity contribution in [3.8, 4) is 0 Å². The molecule has 0 aliphatic carbocycles. The van der Waals surface area contributed by atoms with Gasteiger partial charge in [0.15, 0.2) is 0 Å². The molecule has 1 aromatic heterocycles. The molecule has 1 atom stereocenters. The lowest BCUT2D eigenvalue weighted by atomic mass is 10.0. The summed E-state index contributed by atoms with van der Waals surface area (Å²) in [6.07, 6.45) is 3.56. The number of pyridine rings is 1. The summed E-state index contributed by atoms with van der Waals surface area (Å²) in [4.78, 5) is 30.4. The number of likely N-dealkylation sites (N-methyl/N-ethyl adjacent to an activating group) is 1. The second-order valence-corrected chi connectivity index (χ2v) is 7.91. The number of halogens is 1. The summed E-state index contributed by atoms with van der Waals surface area (Å²) in [5.41, 5.74) is 9.31. The zero-order valence-electron chi connectivity index (χ0n) is 16.6. The molecule has 6 nitrogen and oxygen atoms in total. The fraction of sp³-hybridized carbons (Fsp3) is 0.174. The van der Waals surface area contributed by atoms with Crippen molar-refractivity contribution in [3.63, 3.8) is 0 Å². The van der Waals surface area contributed by atoms with Gasteiger partial charge in [0.1, 0.15) is 0 Å². The van der Waals surface area contributed by atoms with E-state index in [0.29, 0.717) is 24.2 Å². The summed E-state index contributed by atoms with van der Waals surface area (Å²) < 4.78 is 0.979. The molecule has 2 aromatic carbocycles. The van der Waals surface area contributed by atoms with Crippen LogP contribution in [0, 0.1) is 0 Å². The molecule has 0 fully saturated rings. The van der Waals surface area contributed by atoms with Crippen LogP contribution in [0.3, 0.4) is 0 Å². The Labute approximate surface area is 184 Å². The van der Waals surface area contributed by atoms with Crippen LogP contribution >= 0.6 is 15.9 Å². The van der Waals surface area contributed by atoms with Gasteiger partial charge < -0.3 is 16.0 Å². The molecule has 30 heavy (non-hydrogen) atoms. The number of nitrogens with one attached hydrogen (secondary N) is 1. The first-order valence-corrected chi connectivity index (χ1v) is 10.3. The maximum atomic E-state index is 12.5. The third kappa shape index (κ3) is 5.98. The van der Waals surface area contributed by atoms with Crippen molar-refractivity contribution < 1.29 is 9.59 Å². The Morgan fingerprint density at radius 3 is 2.30 bits per heavy atom. The van der Waals surface area contributed by atoms with Gasteiger partial charge in [-0.1, -0.05) is 40.2 Å². The SMILES string of the molecule is CN(CC(N)c1ccc(C(=O)Nc2ccncc2)cc1)C(=O)Cc1ccc(Br)cc1. The Morgan fingerprint density at radius 2 is 1.67 bits per heavy atom. The van der Waals surface area contributed by atoms with E-state index in [1.165, 1.54) is 0 Å². The average Bonchev–Trinajstić information content (AvgIpc) is 2.76. The quantitative estimate of drug-likeness (QED) is 0.554. The van der Waals surface area contributed by atoms with E-state index in [0.717, 1.165) is 15.6 Å². The summed E-state index contributed by atoms with van der Waals surface area (Å²) in [5, 5.41) is 2.81. The molecule has 1 unspecified atom stereocenters. The van der Waals surface area contributed by atoms with Gasteiger partial charge in [0.2, 0.25) is 5.91 Å². The summed E-state index contributed by atoms with van der Waals surface area (Å²) in [6, 6.07) is 17.9. The van der Waals surface area contributed by atoms with Crippen LogP contribution < -0.4 is 11.1 Å². The molecule has 0 bridgehead atoms. The van der Waals surface area contributed by atoms with Crippen molar-refractivity contribution in [2.75, 3.05) is 18.9 Å². The zero-order valence-corrected chi connectivity index (χ0v) is 18.2. The molecule has 3 N–H and O–H groups in total. The minimum absolute atomic E-state index is 0.00104. The van der Waals surface area contributed by atoms with Gasteiger partial charge in [-0.2, -0.15) is 0 Å². The minimum Gasteiger partial charge on any atom is -0.344 e. The van der Waals surface area contributed by atoms with Gasteiger partial charge in [0.25, 0.3) is 5.91 Å². The molecule has 7 heteroatoms. The summed E-state index contributed by atoms with van der Waals surface area (Å²) in [7, 11) is 1.75. The molecule has 3 aromatic rings. The van der Waals surface area contributed by atoms with Crippen molar-refractivity contribution in [2.45, 2.75) is 12.5 Å². The van der Waals surface area contributed by atoms with E-state index in [2.05, 4.69) is 26.2 Å². The normalized spacial score (nSPS) is 11.6. The van der Waals surface area contributed by atoms with Gasteiger partial charge >= 0.3 is 0 Å². The Bertz CT molecular complexity index is 992. The highest BCUT2D eigenvalue weighted by Gasteiger charge is 2.15. The van der Waals surface area contributed by atoms with Crippen LogP contribution in [0.15, 0.2) is 77.5 Å². The highest BCUT2D eigenvalue weighted by molar-refractivity contribution is 9.10. The maximum absolute atomic E-state index is 12.5. The number of anilines is 1. The Kier molecular flexibility index (Phi) is 7.32. The first kappa shape index (κ1) is 21.7. The van der Waals surface area contributed by atoms with Gasteiger partial charge in [0.05, 0.1) is 6.42 Å². The fourth-order valence-corrected chi connectivity index (χ4v) is 3.20. The molecular weight excluding hydrogens is 444 g/mol. The van der Waals surface area contributed by atoms with Crippen molar-refractivity contribution in [1.29, 1.82) is 0 Å².